The second-order valence-electron chi connectivity index (χ2n) is 12.3. The minimum Gasteiger partial charge on any atom is -0.383 e. The monoisotopic (exact) mass is 570 g/mol. The normalized spacial score (nSPS) is 20.5. The highest BCUT2D eigenvalue weighted by atomic mass is 16.2. The lowest BCUT2D eigenvalue weighted by Gasteiger charge is -2.45. The third-order valence-corrected chi connectivity index (χ3v) is 9.69. The largest absolute Gasteiger partial charge is 0.383 e. The van der Waals surface area contributed by atoms with Gasteiger partial charge in [0.05, 0.1) is 17.3 Å². The number of hydrogen-bond donors (Lipinski definition) is 2. The molecular weight excluding hydrogens is 536 g/mol. The molecule has 5 heterocycles. The van der Waals surface area contributed by atoms with Gasteiger partial charge in [-0.2, -0.15) is 0 Å². The van der Waals surface area contributed by atoms with Gasteiger partial charge in [0.25, 0.3) is 0 Å². The van der Waals surface area contributed by atoms with Crippen LogP contribution in [0.1, 0.15) is 31.7 Å². The summed E-state index contributed by atoms with van der Waals surface area (Å²) in [6, 6.07) is 25.2. The number of fused-ring (bicyclic) bond motifs is 2. The second-order valence-corrected chi connectivity index (χ2v) is 12.3. The predicted molar refractivity (Wildman–Crippen MR) is 169 cm³/mol. The molecule has 216 valence electrons. The van der Waals surface area contributed by atoms with Crippen LogP contribution >= 0.6 is 0 Å². The summed E-state index contributed by atoms with van der Waals surface area (Å²) in [5, 5.41) is 0. The van der Waals surface area contributed by atoms with Crippen molar-refractivity contribution in [2.24, 2.45) is 11.7 Å². The quantitative estimate of drug-likeness (QED) is 0.313. The highest BCUT2D eigenvalue weighted by Crippen LogP contribution is 2.40. The summed E-state index contributed by atoms with van der Waals surface area (Å²) in [5.41, 5.74) is 20.2. The molecule has 0 spiro atoms. The molecule has 1 amide bonds. The van der Waals surface area contributed by atoms with Crippen LogP contribution in [0.25, 0.3) is 39.5 Å². The van der Waals surface area contributed by atoms with E-state index in [1.807, 2.05) is 29.2 Å². The van der Waals surface area contributed by atoms with Gasteiger partial charge in [-0.05, 0) is 73.4 Å². The van der Waals surface area contributed by atoms with E-state index >= 15 is 0 Å². The van der Waals surface area contributed by atoms with Gasteiger partial charge >= 0.3 is 0 Å². The van der Waals surface area contributed by atoms with Crippen LogP contribution in [0.2, 0.25) is 0 Å². The molecule has 0 bridgehead atoms. The molecule has 43 heavy (non-hydrogen) atoms. The average Bonchev–Trinajstić information content (AvgIpc) is 3.54. The Morgan fingerprint density at radius 1 is 0.930 bits per heavy atom. The number of hydrogen-bond acceptors (Lipinski definition) is 7. The fourth-order valence-corrected chi connectivity index (χ4v) is 6.97. The number of amides is 1. The Morgan fingerprint density at radius 3 is 2.51 bits per heavy atom. The maximum Gasteiger partial charge on any atom is 0.219 e. The van der Waals surface area contributed by atoms with Gasteiger partial charge in [-0.1, -0.05) is 24.3 Å². The highest BCUT2D eigenvalue weighted by molar-refractivity contribution is 5.85. The van der Waals surface area contributed by atoms with E-state index in [1.165, 1.54) is 6.42 Å². The number of pyridine rings is 2. The first kappa shape index (κ1) is 25.9. The lowest BCUT2D eigenvalue weighted by atomic mass is 9.73. The summed E-state index contributed by atoms with van der Waals surface area (Å²) in [5.74, 6) is 1.81. The van der Waals surface area contributed by atoms with E-state index in [0.717, 1.165) is 77.4 Å². The molecule has 9 heteroatoms. The zero-order valence-electron chi connectivity index (χ0n) is 24.1. The molecule has 2 aromatic carbocycles. The van der Waals surface area contributed by atoms with Gasteiger partial charge in [0.1, 0.15) is 11.3 Å². The molecule has 2 unspecified atom stereocenters. The number of anilines is 2. The Hall–Kier alpha value is -4.76. The molecule has 2 saturated heterocycles. The molecule has 5 aromatic rings. The maximum atomic E-state index is 11.9. The van der Waals surface area contributed by atoms with Crippen molar-refractivity contribution in [2.45, 2.75) is 37.8 Å². The summed E-state index contributed by atoms with van der Waals surface area (Å²) in [7, 11) is 0. The number of imidazole rings is 1. The van der Waals surface area contributed by atoms with Crippen LogP contribution in [0, 0.1) is 5.92 Å². The number of benzene rings is 2. The molecule has 0 radical (unpaired) electrons. The Balaban J connectivity index is 1.20. The Bertz CT molecular complexity index is 1880. The number of nitrogens with zero attached hydrogens (tertiary/aromatic N) is 6. The Labute approximate surface area is 250 Å². The average molecular weight is 571 g/mol. The molecule has 4 N–H and O–H groups in total. The fourth-order valence-electron chi connectivity index (χ4n) is 6.97. The summed E-state index contributed by atoms with van der Waals surface area (Å²) < 4.78 is 2.07. The number of likely N-dealkylation sites (tertiary alicyclic amines) is 1. The van der Waals surface area contributed by atoms with Crippen LogP contribution in [-0.4, -0.2) is 56.0 Å². The second kappa shape index (κ2) is 9.64. The molecule has 1 aliphatic carbocycles. The van der Waals surface area contributed by atoms with E-state index in [0.29, 0.717) is 23.6 Å². The van der Waals surface area contributed by atoms with Crippen molar-refractivity contribution in [3.8, 4) is 28.3 Å². The topological polar surface area (TPSA) is 119 Å². The van der Waals surface area contributed by atoms with E-state index in [1.54, 1.807) is 13.1 Å². The first-order valence-corrected chi connectivity index (χ1v) is 15.0. The molecule has 8 rings (SSSR count). The van der Waals surface area contributed by atoms with Crippen molar-refractivity contribution < 1.29 is 4.79 Å². The first-order valence-electron chi connectivity index (χ1n) is 15.0. The van der Waals surface area contributed by atoms with Gasteiger partial charge < -0.3 is 21.3 Å². The summed E-state index contributed by atoms with van der Waals surface area (Å²) >= 11 is 0. The standard InChI is InChI=1S/C34H34N8O/c1-21(43)40-18-23-19-41(30(23)20-40)26-6-2-5-22(17-26)28-12-13-29-33(38-28)42(32(39-29)27-7-3-16-37-31(27)35)25-10-8-24(9-11-25)34(36)14-4-15-34/h2-3,5-13,16-17,23,30H,4,14-15,18-20,36H2,1H3,(H2,35,37). The lowest BCUT2D eigenvalue weighted by Crippen LogP contribution is -2.55. The van der Waals surface area contributed by atoms with Crippen molar-refractivity contribution in [3.63, 3.8) is 0 Å². The van der Waals surface area contributed by atoms with E-state index in [-0.39, 0.29) is 11.4 Å². The molecular formula is C34H34N8O. The minimum absolute atomic E-state index is 0.157. The van der Waals surface area contributed by atoms with E-state index < -0.39 is 0 Å². The molecule has 3 aromatic heterocycles. The van der Waals surface area contributed by atoms with Crippen LogP contribution < -0.4 is 16.4 Å². The Morgan fingerprint density at radius 2 is 1.77 bits per heavy atom. The summed E-state index contributed by atoms with van der Waals surface area (Å²) in [6.07, 6.45) is 4.87. The van der Waals surface area contributed by atoms with Crippen LogP contribution in [0.3, 0.4) is 0 Å². The number of carbonyl (C=O) groups excluding carboxylic acids is 1. The van der Waals surface area contributed by atoms with Crippen molar-refractivity contribution in [1.82, 2.24) is 24.4 Å². The van der Waals surface area contributed by atoms with Crippen LogP contribution in [0.15, 0.2) is 79.0 Å². The predicted octanol–water partition coefficient (Wildman–Crippen LogP) is 4.74. The minimum atomic E-state index is -0.234. The van der Waals surface area contributed by atoms with Gasteiger partial charge in [-0.15, -0.1) is 0 Å². The van der Waals surface area contributed by atoms with Gasteiger partial charge in [-0.3, -0.25) is 9.36 Å². The first-order chi connectivity index (χ1) is 20.9. The maximum absolute atomic E-state index is 11.9. The molecule has 3 aliphatic rings. The van der Waals surface area contributed by atoms with Crippen LogP contribution in [0.4, 0.5) is 11.5 Å². The van der Waals surface area contributed by atoms with Gasteiger partial charge in [0.2, 0.25) is 5.91 Å². The lowest BCUT2D eigenvalue weighted by molar-refractivity contribution is -0.127. The van der Waals surface area contributed by atoms with Crippen molar-refractivity contribution in [3.05, 3.63) is 84.6 Å². The van der Waals surface area contributed by atoms with Gasteiger partial charge in [0, 0.05) is 61.1 Å². The smallest absolute Gasteiger partial charge is 0.219 e. The SMILES string of the molecule is CC(=O)N1CC2CN(c3cccc(-c4ccc5nc(-c6cccnc6N)n(-c6ccc(C7(N)CCC7)cc6)c5n4)c3)C2C1. The zero-order chi connectivity index (χ0) is 29.3. The third-order valence-electron chi connectivity index (χ3n) is 9.69. The van der Waals surface area contributed by atoms with Gasteiger partial charge in [0.15, 0.2) is 11.5 Å². The van der Waals surface area contributed by atoms with Crippen molar-refractivity contribution >= 4 is 28.6 Å². The summed E-state index contributed by atoms with van der Waals surface area (Å²) in [4.78, 5) is 30.8. The number of nitrogens with two attached hydrogens (primary N) is 2. The number of rotatable bonds is 5. The third kappa shape index (κ3) is 4.18. The van der Waals surface area contributed by atoms with Crippen LogP contribution in [0.5, 0.6) is 0 Å². The van der Waals surface area contributed by atoms with Crippen molar-refractivity contribution in [2.75, 3.05) is 30.3 Å². The summed E-state index contributed by atoms with van der Waals surface area (Å²) in [6.45, 7) is 4.27. The van der Waals surface area contributed by atoms with Gasteiger partial charge in [-0.25, -0.2) is 15.0 Å². The highest BCUT2D eigenvalue weighted by Gasteiger charge is 2.46. The number of carbonyl (C=O) groups is 1. The van der Waals surface area contributed by atoms with E-state index in [9.17, 15) is 4.79 Å². The van der Waals surface area contributed by atoms with Crippen LogP contribution in [-0.2, 0) is 10.3 Å². The molecule has 9 nitrogen and oxygen atoms in total. The molecule has 2 atom stereocenters. The molecule has 1 saturated carbocycles. The number of aromatic nitrogens is 4. The van der Waals surface area contributed by atoms with Crippen molar-refractivity contribution in [1.29, 1.82) is 0 Å². The Kier molecular flexibility index (Phi) is 5.81. The van der Waals surface area contributed by atoms with E-state index in [4.69, 9.17) is 21.4 Å². The fraction of sp³-hybridized carbons (Fsp3) is 0.294. The number of nitrogen functional groups attached to an aromatic ring is 1. The van der Waals surface area contributed by atoms with E-state index in [2.05, 4.69) is 63.0 Å². The molecule has 2 aliphatic heterocycles. The molecule has 3 fully saturated rings. The zero-order valence-corrected chi connectivity index (χ0v) is 24.1.